The molecule has 0 spiro atoms. The summed E-state index contributed by atoms with van der Waals surface area (Å²) in [6.07, 6.45) is 1.05. The predicted molar refractivity (Wildman–Crippen MR) is 47.4 cm³/mol. The van der Waals surface area contributed by atoms with Crippen molar-refractivity contribution >= 4 is 5.71 Å². The van der Waals surface area contributed by atoms with Gasteiger partial charge >= 0.3 is 0 Å². The molecule has 0 aliphatic rings. The van der Waals surface area contributed by atoms with Gasteiger partial charge in [0.15, 0.2) is 0 Å². The van der Waals surface area contributed by atoms with Gasteiger partial charge in [-0.2, -0.15) is 0 Å². The zero-order valence-corrected chi connectivity index (χ0v) is 7.65. The predicted octanol–water partition coefficient (Wildman–Crippen LogP) is 3.17. The van der Waals surface area contributed by atoms with E-state index < -0.39 is 0 Å². The summed E-state index contributed by atoms with van der Waals surface area (Å²) in [5.74, 6) is 0. The topological polar surface area (TPSA) is 12.4 Å². The number of aliphatic imine (C=N–C) groups is 1. The van der Waals surface area contributed by atoms with E-state index in [4.69, 9.17) is 0 Å². The van der Waals surface area contributed by atoms with Crippen molar-refractivity contribution in [1.82, 2.24) is 0 Å². The summed E-state index contributed by atoms with van der Waals surface area (Å²) in [7, 11) is 0. The smallest absolute Gasteiger partial charge is 0.0358 e. The van der Waals surface area contributed by atoms with E-state index in [1.807, 2.05) is 0 Å². The molecular formula is C9H17N. The van der Waals surface area contributed by atoms with Crippen LogP contribution in [0, 0.1) is 0 Å². The molecule has 0 aromatic heterocycles. The zero-order valence-electron chi connectivity index (χ0n) is 7.65. The molecule has 0 rings (SSSR count). The van der Waals surface area contributed by atoms with Gasteiger partial charge in [0.25, 0.3) is 0 Å². The Morgan fingerprint density at radius 1 is 1.10 bits per heavy atom. The SMILES string of the molecule is CCC(C)=NC(C)=C(C)C. The quantitative estimate of drug-likeness (QED) is 0.521. The first-order chi connectivity index (χ1) is 4.57. The van der Waals surface area contributed by atoms with Crippen molar-refractivity contribution in [3.63, 3.8) is 0 Å². The molecule has 10 heavy (non-hydrogen) atoms. The molecule has 0 atom stereocenters. The molecule has 1 nitrogen and oxygen atoms in total. The van der Waals surface area contributed by atoms with Gasteiger partial charge in [-0.15, -0.1) is 0 Å². The normalized spacial score (nSPS) is 11.5. The first-order valence-electron chi connectivity index (χ1n) is 3.76. The summed E-state index contributed by atoms with van der Waals surface area (Å²) in [4.78, 5) is 4.39. The summed E-state index contributed by atoms with van der Waals surface area (Å²) < 4.78 is 0. The van der Waals surface area contributed by atoms with Crippen molar-refractivity contribution in [3.8, 4) is 0 Å². The zero-order chi connectivity index (χ0) is 8.15. The van der Waals surface area contributed by atoms with Crippen molar-refractivity contribution in [2.75, 3.05) is 0 Å². The van der Waals surface area contributed by atoms with Crippen LogP contribution >= 0.6 is 0 Å². The molecule has 58 valence electrons. The molecular weight excluding hydrogens is 122 g/mol. The molecule has 0 unspecified atom stereocenters. The van der Waals surface area contributed by atoms with E-state index in [9.17, 15) is 0 Å². The van der Waals surface area contributed by atoms with Gasteiger partial charge < -0.3 is 0 Å². The summed E-state index contributed by atoms with van der Waals surface area (Å²) in [6.45, 7) is 10.4. The Morgan fingerprint density at radius 2 is 1.60 bits per heavy atom. The third-order valence-electron chi connectivity index (χ3n) is 1.59. The average Bonchev–Trinajstić information content (AvgIpc) is 1.87. The summed E-state index contributed by atoms with van der Waals surface area (Å²) >= 11 is 0. The van der Waals surface area contributed by atoms with Gasteiger partial charge in [0.2, 0.25) is 0 Å². The van der Waals surface area contributed by atoms with E-state index in [0.29, 0.717) is 0 Å². The van der Waals surface area contributed by atoms with Crippen LogP contribution < -0.4 is 0 Å². The number of hydrogen-bond donors (Lipinski definition) is 0. The molecule has 0 aliphatic heterocycles. The van der Waals surface area contributed by atoms with E-state index in [1.165, 1.54) is 11.3 Å². The second-order valence-corrected chi connectivity index (χ2v) is 2.79. The van der Waals surface area contributed by atoms with Crippen molar-refractivity contribution in [3.05, 3.63) is 11.3 Å². The lowest BCUT2D eigenvalue weighted by molar-refractivity contribution is 1.15. The Kier molecular flexibility index (Phi) is 4.01. The Morgan fingerprint density at radius 3 is 1.90 bits per heavy atom. The minimum absolute atomic E-state index is 1.05. The minimum atomic E-state index is 1.05. The maximum absolute atomic E-state index is 4.39. The molecule has 0 aromatic carbocycles. The van der Waals surface area contributed by atoms with E-state index in [2.05, 4.69) is 39.6 Å². The molecule has 1 heteroatoms. The highest BCUT2D eigenvalue weighted by atomic mass is 14.7. The lowest BCUT2D eigenvalue weighted by atomic mass is 10.2. The molecule has 0 heterocycles. The van der Waals surface area contributed by atoms with Crippen LogP contribution in [0.4, 0.5) is 0 Å². The molecule has 0 bridgehead atoms. The Hall–Kier alpha value is -0.590. The highest BCUT2D eigenvalue weighted by Crippen LogP contribution is 2.04. The van der Waals surface area contributed by atoms with Crippen LogP contribution in [0.15, 0.2) is 16.3 Å². The Bertz CT molecular complexity index is 160. The van der Waals surface area contributed by atoms with Crippen molar-refractivity contribution in [2.24, 2.45) is 4.99 Å². The van der Waals surface area contributed by atoms with Crippen LogP contribution in [0.5, 0.6) is 0 Å². The maximum Gasteiger partial charge on any atom is 0.0358 e. The number of allylic oxidation sites excluding steroid dienone is 2. The van der Waals surface area contributed by atoms with Gasteiger partial charge in [-0.1, -0.05) is 12.5 Å². The Balaban J connectivity index is 4.27. The second-order valence-electron chi connectivity index (χ2n) is 2.79. The fraction of sp³-hybridized carbons (Fsp3) is 0.667. The van der Waals surface area contributed by atoms with Gasteiger partial charge in [-0.25, -0.2) is 0 Å². The molecule has 0 fully saturated rings. The van der Waals surface area contributed by atoms with Crippen molar-refractivity contribution in [2.45, 2.75) is 41.0 Å². The molecule has 0 amide bonds. The van der Waals surface area contributed by atoms with Crippen LogP contribution in [0.1, 0.15) is 41.0 Å². The van der Waals surface area contributed by atoms with Crippen LogP contribution in [-0.2, 0) is 0 Å². The lowest BCUT2D eigenvalue weighted by Gasteiger charge is -1.97. The molecule has 0 saturated heterocycles. The average molecular weight is 139 g/mol. The van der Waals surface area contributed by atoms with Gasteiger partial charge in [-0.3, -0.25) is 4.99 Å². The molecule has 0 N–H and O–H groups in total. The first-order valence-corrected chi connectivity index (χ1v) is 3.76. The monoisotopic (exact) mass is 139 g/mol. The fourth-order valence-electron chi connectivity index (χ4n) is 0.477. The largest absolute Gasteiger partial charge is 0.263 e. The summed E-state index contributed by atoms with van der Waals surface area (Å²) in [5, 5.41) is 0. The maximum atomic E-state index is 4.39. The van der Waals surface area contributed by atoms with Crippen LogP contribution in [-0.4, -0.2) is 5.71 Å². The van der Waals surface area contributed by atoms with Gasteiger partial charge in [0, 0.05) is 11.4 Å². The van der Waals surface area contributed by atoms with Crippen LogP contribution in [0.2, 0.25) is 0 Å². The van der Waals surface area contributed by atoms with Gasteiger partial charge in [0.05, 0.1) is 0 Å². The number of hydrogen-bond acceptors (Lipinski definition) is 1. The second kappa shape index (κ2) is 4.26. The van der Waals surface area contributed by atoms with Crippen LogP contribution in [0.25, 0.3) is 0 Å². The first kappa shape index (κ1) is 9.41. The number of rotatable bonds is 2. The van der Waals surface area contributed by atoms with Crippen LogP contribution in [0.3, 0.4) is 0 Å². The van der Waals surface area contributed by atoms with E-state index in [0.717, 1.165) is 12.1 Å². The van der Waals surface area contributed by atoms with E-state index in [1.54, 1.807) is 0 Å². The van der Waals surface area contributed by atoms with E-state index >= 15 is 0 Å². The van der Waals surface area contributed by atoms with Crippen molar-refractivity contribution < 1.29 is 0 Å². The minimum Gasteiger partial charge on any atom is -0.263 e. The number of nitrogens with zero attached hydrogens (tertiary/aromatic N) is 1. The highest BCUT2D eigenvalue weighted by molar-refractivity contribution is 5.82. The third-order valence-corrected chi connectivity index (χ3v) is 1.59. The van der Waals surface area contributed by atoms with E-state index in [-0.39, 0.29) is 0 Å². The standard InChI is InChI=1S/C9H17N/c1-6-8(4)10-9(5)7(2)3/h6H2,1-5H3. The molecule has 0 aromatic rings. The summed E-state index contributed by atoms with van der Waals surface area (Å²) in [6, 6.07) is 0. The third kappa shape index (κ3) is 3.44. The van der Waals surface area contributed by atoms with Gasteiger partial charge in [0.1, 0.15) is 0 Å². The highest BCUT2D eigenvalue weighted by Gasteiger charge is 1.88. The van der Waals surface area contributed by atoms with Gasteiger partial charge in [-0.05, 0) is 34.1 Å². The summed E-state index contributed by atoms with van der Waals surface area (Å²) in [5.41, 5.74) is 3.66. The lowest BCUT2D eigenvalue weighted by Crippen LogP contribution is -1.88. The molecule has 0 radical (unpaired) electrons. The molecule has 0 aliphatic carbocycles. The fourth-order valence-corrected chi connectivity index (χ4v) is 0.477. The molecule has 0 saturated carbocycles. The van der Waals surface area contributed by atoms with Crippen molar-refractivity contribution in [1.29, 1.82) is 0 Å². The Labute approximate surface area is 63.9 Å².